The molecule has 0 rings (SSSR count). The Hall–Kier alpha value is -1.63. The van der Waals surface area contributed by atoms with Crippen molar-refractivity contribution >= 4 is 17.9 Å². The van der Waals surface area contributed by atoms with E-state index in [0.29, 0.717) is 19.3 Å². The SMILES string of the molecule is CCCCCOC(=O)C(O)(CC(=O)OCCCC)CC(=O)OCCCC. The Morgan fingerprint density at radius 3 is 1.54 bits per heavy atom. The molecule has 0 saturated heterocycles. The van der Waals surface area contributed by atoms with E-state index < -0.39 is 36.4 Å². The lowest BCUT2D eigenvalue weighted by Gasteiger charge is -2.24. The van der Waals surface area contributed by atoms with E-state index in [1.54, 1.807) is 0 Å². The normalized spacial score (nSPS) is 11.1. The van der Waals surface area contributed by atoms with Crippen molar-refractivity contribution in [3.63, 3.8) is 0 Å². The Labute approximate surface area is 156 Å². The van der Waals surface area contributed by atoms with Crippen LogP contribution in [0.4, 0.5) is 0 Å². The first-order valence-electron chi connectivity index (χ1n) is 9.60. The Kier molecular flexibility index (Phi) is 13.6. The molecule has 0 aromatic rings. The van der Waals surface area contributed by atoms with Crippen molar-refractivity contribution < 1.29 is 33.7 Å². The minimum absolute atomic E-state index is 0.130. The van der Waals surface area contributed by atoms with Crippen LogP contribution in [0.5, 0.6) is 0 Å². The van der Waals surface area contributed by atoms with Crippen molar-refractivity contribution in [2.24, 2.45) is 0 Å². The summed E-state index contributed by atoms with van der Waals surface area (Å²) in [6, 6.07) is 0. The molecule has 7 heteroatoms. The van der Waals surface area contributed by atoms with E-state index in [2.05, 4.69) is 0 Å². The van der Waals surface area contributed by atoms with E-state index >= 15 is 0 Å². The zero-order chi connectivity index (χ0) is 19.8. The summed E-state index contributed by atoms with van der Waals surface area (Å²) in [6.07, 6.45) is 4.29. The lowest BCUT2D eigenvalue weighted by molar-refractivity contribution is -0.178. The van der Waals surface area contributed by atoms with Crippen LogP contribution in [0.3, 0.4) is 0 Å². The number of hydrogen-bond acceptors (Lipinski definition) is 7. The molecule has 0 amide bonds. The van der Waals surface area contributed by atoms with Gasteiger partial charge in [0.25, 0.3) is 0 Å². The van der Waals surface area contributed by atoms with Gasteiger partial charge in [0.05, 0.1) is 32.7 Å². The predicted octanol–water partition coefficient (Wildman–Crippen LogP) is 2.92. The second-order valence-electron chi connectivity index (χ2n) is 6.38. The van der Waals surface area contributed by atoms with Crippen molar-refractivity contribution in [2.45, 2.75) is 84.2 Å². The Morgan fingerprint density at radius 1 is 0.692 bits per heavy atom. The van der Waals surface area contributed by atoms with Crippen molar-refractivity contribution in [2.75, 3.05) is 19.8 Å². The molecule has 0 radical (unpaired) electrons. The van der Waals surface area contributed by atoms with Gasteiger partial charge in [0.2, 0.25) is 0 Å². The highest BCUT2D eigenvalue weighted by Gasteiger charge is 2.43. The molecule has 1 N–H and O–H groups in total. The molecule has 0 unspecified atom stereocenters. The van der Waals surface area contributed by atoms with E-state index in [4.69, 9.17) is 14.2 Å². The molecule has 0 saturated carbocycles. The predicted molar refractivity (Wildman–Crippen MR) is 96.4 cm³/mol. The minimum Gasteiger partial charge on any atom is -0.466 e. The summed E-state index contributed by atoms with van der Waals surface area (Å²) >= 11 is 0. The number of rotatable bonds is 15. The lowest BCUT2D eigenvalue weighted by atomic mass is 9.95. The molecule has 152 valence electrons. The molecule has 7 nitrogen and oxygen atoms in total. The van der Waals surface area contributed by atoms with Crippen LogP contribution < -0.4 is 0 Å². The summed E-state index contributed by atoms with van der Waals surface area (Å²) in [5.74, 6) is -2.48. The topological polar surface area (TPSA) is 99.1 Å². The standard InChI is InChI=1S/C19H34O7/c1-4-7-10-13-26-18(22)19(23,14-16(20)24-11-8-5-2)15-17(21)25-12-9-6-3/h23H,4-15H2,1-3H3. The third kappa shape index (κ3) is 11.1. The highest BCUT2D eigenvalue weighted by molar-refractivity contribution is 5.90. The van der Waals surface area contributed by atoms with Crippen LogP contribution >= 0.6 is 0 Å². The van der Waals surface area contributed by atoms with E-state index in [1.807, 2.05) is 20.8 Å². The summed E-state index contributed by atoms with van der Waals surface area (Å²) in [4.78, 5) is 36.1. The summed E-state index contributed by atoms with van der Waals surface area (Å²) in [6.45, 7) is 6.45. The third-order valence-electron chi connectivity index (χ3n) is 3.76. The molecular formula is C19H34O7. The van der Waals surface area contributed by atoms with E-state index in [9.17, 15) is 19.5 Å². The smallest absolute Gasteiger partial charge is 0.339 e. The van der Waals surface area contributed by atoms with Gasteiger partial charge in [-0.15, -0.1) is 0 Å². The second-order valence-corrected chi connectivity index (χ2v) is 6.38. The minimum atomic E-state index is -2.27. The van der Waals surface area contributed by atoms with Crippen LogP contribution in [0.15, 0.2) is 0 Å². The number of carbonyl (C=O) groups excluding carboxylic acids is 3. The van der Waals surface area contributed by atoms with Crippen molar-refractivity contribution in [3.8, 4) is 0 Å². The Balaban J connectivity index is 4.79. The first-order valence-corrected chi connectivity index (χ1v) is 9.60. The molecule has 0 fully saturated rings. The quantitative estimate of drug-likeness (QED) is 0.267. The first kappa shape index (κ1) is 24.4. The van der Waals surface area contributed by atoms with Crippen LogP contribution in [0, 0.1) is 0 Å². The molecule has 0 atom stereocenters. The molecular weight excluding hydrogens is 340 g/mol. The van der Waals surface area contributed by atoms with E-state index in [-0.39, 0.29) is 19.8 Å². The molecule has 0 aliphatic carbocycles. The van der Waals surface area contributed by atoms with Crippen LogP contribution in [0.2, 0.25) is 0 Å². The maximum atomic E-state index is 12.3. The maximum absolute atomic E-state index is 12.3. The fraction of sp³-hybridized carbons (Fsp3) is 0.842. The zero-order valence-electron chi connectivity index (χ0n) is 16.4. The number of ether oxygens (including phenoxy) is 3. The Morgan fingerprint density at radius 2 is 1.12 bits per heavy atom. The molecule has 0 aliphatic heterocycles. The molecule has 0 bridgehead atoms. The molecule has 0 spiro atoms. The van der Waals surface area contributed by atoms with Crippen LogP contribution in [-0.2, 0) is 28.6 Å². The average Bonchev–Trinajstić information content (AvgIpc) is 2.58. The van der Waals surface area contributed by atoms with Gasteiger partial charge in [-0.3, -0.25) is 9.59 Å². The molecule has 0 aromatic heterocycles. The fourth-order valence-corrected chi connectivity index (χ4v) is 2.10. The second kappa shape index (κ2) is 14.5. The first-order chi connectivity index (χ1) is 12.4. The number of aliphatic hydroxyl groups is 1. The van der Waals surface area contributed by atoms with Gasteiger partial charge < -0.3 is 19.3 Å². The average molecular weight is 374 g/mol. The van der Waals surface area contributed by atoms with Crippen LogP contribution in [-0.4, -0.2) is 48.4 Å². The van der Waals surface area contributed by atoms with Gasteiger partial charge in [-0.2, -0.15) is 0 Å². The van der Waals surface area contributed by atoms with E-state index in [0.717, 1.165) is 25.7 Å². The van der Waals surface area contributed by atoms with Gasteiger partial charge in [0.1, 0.15) is 0 Å². The lowest BCUT2D eigenvalue weighted by Crippen LogP contribution is -2.45. The van der Waals surface area contributed by atoms with Crippen LogP contribution in [0.25, 0.3) is 0 Å². The summed E-state index contributed by atoms with van der Waals surface area (Å²) in [5, 5.41) is 10.6. The third-order valence-corrected chi connectivity index (χ3v) is 3.76. The number of esters is 3. The van der Waals surface area contributed by atoms with Crippen molar-refractivity contribution in [3.05, 3.63) is 0 Å². The van der Waals surface area contributed by atoms with E-state index in [1.165, 1.54) is 0 Å². The van der Waals surface area contributed by atoms with Gasteiger partial charge in [-0.25, -0.2) is 4.79 Å². The van der Waals surface area contributed by atoms with Gasteiger partial charge in [0, 0.05) is 0 Å². The molecule has 26 heavy (non-hydrogen) atoms. The highest BCUT2D eigenvalue weighted by atomic mass is 16.6. The van der Waals surface area contributed by atoms with Crippen molar-refractivity contribution in [1.82, 2.24) is 0 Å². The number of hydrogen-bond donors (Lipinski definition) is 1. The summed E-state index contributed by atoms with van der Waals surface area (Å²) in [7, 11) is 0. The largest absolute Gasteiger partial charge is 0.466 e. The number of carbonyl (C=O) groups is 3. The monoisotopic (exact) mass is 374 g/mol. The zero-order valence-corrected chi connectivity index (χ0v) is 16.4. The van der Waals surface area contributed by atoms with Crippen LogP contribution in [0.1, 0.15) is 78.6 Å². The number of unbranched alkanes of at least 4 members (excludes halogenated alkanes) is 4. The molecule has 0 heterocycles. The summed E-state index contributed by atoms with van der Waals surface area (Å²) in [5.41, 5.74) is -2.27. The fourth-order valence-electron chi connectivity index (χ4n) is 2.10. The van der Waals surface area contributed by atoms with Gasteiger partial charge in [-0.1, -0.05) is 46.5 Å². The Bertz CT molecular complexity index is 396. The highest BCUT2D eigenvalue weighted by Crippen LogP contribution is 2.20. The van der Waals surface area contributed by atoms with Crippen molar-refractivity contribution in [1.29, 1.82) is 0 Å². The summed E-state index contributed by atoms with van der Waals surface area (Å²) < 4.78 is 15.0. The maximum Gasteiger partial charge on any atom is 0.339 e. The van der Waals surface area contributed by atoms with Gasteiger partial charge in [-0.05, 0) is 19.3 Å². The molecule has 0 aromatic carbocycles. The molecule has 0 aliphatic rings. The van der Waals surface area contributed by atoms with Gasteiger partial charge in [0.15, 0.2) is 5.60 Å². The van der Waals surface area contributed by atoms with Gasteiger partial charge >= 0.3 is 17.9 Å².